The first kappa shape index (κ1) is 13.0. The van der Waals surface area contributed by atoms with Crippen LogP contribution in [0, 0.1) is 5.82 Å². The maximum atomic E-state index is 13.4. The molecule has 3 aromatic rings. The first-order valence-corrected chi connectivity index (χ1v) is 6.17. The van der Waals surface area contributed by atoms with Crippen LogP contribution in [-0.2, 0) is 7.05 Å². The van der Waals surface area contributed by atoms with Gasteiger partial charge < -0.3 is 10.5 Å². The third-order valence-corrected chi connectivity index (χ3v) is 2.79. The van der Waals surface area contributed by atoms with E-state index in [1.807, 2.05) is 0 Å². The van der Waals surface area contributed by atoms with Crippen molar-refractivity contribution in [3.05, 3.63) is 48.7 Å². The molecule has 3 rings (SSSR count). The fourth-order valence-electron chi connectivity index (χ4n) is 1.77. The van der Waals surface area contributed by atoms with E-state index in [1.165, 1.54) is 12.1 Å². The molecular formula is C14H12FN5O. The summed E-state index contributed by atoms with van der Waals surface area (Å²) in [6, 6.07) is 5.81. The molecule has 106 valence electrons. The predicted octanol–water partition coefficient (Wildman–Crippen LogP) is 2.39. The number of hydrogen-bond acceptors (Lipinski definition) is 5. The molecule has 0 radical (unpaired) electrons. The van der Waals surface area contributed by atoms with Crippen LogP contribution in [0.1, 0.15) is 0 Å². The molecule has 0 aliphatic heterocycles. The van der Waals surface area contributed by atoms with Gasteiger partial charge in [-0.1, -0.05) is 0 Å². The first-order chi connectivity index (χ1) is 10.1. The summed E-state index contributed by atoms with van der Waals surface area (Å²) in [5.74, 6) is 0.580. The van der Waals surface area contributed by atoms with Crippen molar-refractivity contribution in [2.45, 2.75) is 0 Å². The number of nitrogen functional groups attached to an aromatic ring is 1. The van der Waals surface area contributed by atoms with Crippen molar-refractivity contribution in [2.75, 3.05) is 5.73 Å². The summed E-state index contributed by atoms with van der Waals surface area (Å²) in [5.41, 5.74) is 6.26. The zero-order valence-electron chi connectivity index (χ0n) is 11.2. The predicted molar refractivity (Wildman–Crippen MR) is 75.1 cm³/mol. The lowest BCUT2D eigenvalue weighted by molar-refractivity contribution is 0.458. The summed E-state index contributed by atoms with van der Waals surface area (Å²) < 4.78 is 20.5. The van der Waals surface area contributed by atoms with Gasteiger partial charge in [0, 0.05) is 31.6 Å². The summed E-state index contributed by atoms with van der Waals surface area (Å²) in [6.07, 6.45) is 5.02. The molecule has 0 fully saturated rings. The number of ether oxygens (including phenoxy) is 1. The van der Waals surface area contributed by atoms with E-state index >= 15 is 0 Å². The third kappa shape index (κ3) is 2.81. The number of nitrogens with zero attached hydrogens (tertiary/aromatic N) is 4. The van der Waals surface area contributed by atoms with E-state index in [9.17, 15) is 4.39 Å². The molecule has 6 nitrogen and oxygen atoms in total. The van der Waals surface area contributed by atoms with E-state index in [1.54, 1.807) is 42.5 Å². The Balaban J connectivity index is 1.87. The minimum Gasteiger partial charge on any atom is -0.439 e. The van der Waals surface area contributed by atoms with Gasteiger partial charge in [0.15, 0.2) is 5.82 Å². The van der Waals surface area contributed by atoms with Gasteiger partial charge in [-0.3, -0.25) is 4.68 Å². The topological polar surface area (TPSA) is 78.9 Å². The third-order valence-electron chi connectivity index (χ3n) is 2.79. The molecule has 0 bridgehead atoms. The monoisotopic (exact) mass is 285 g/mol. The van der Waals surface area contributed by atoms with Crippen LogP contribution < -0.4 is 10.5 Å². The van der Waals surface area contributed by atoms with Crippen molar-refractivity contribution >= 4 is 5.69 Å². The summed E-state index contributed by atoms with van der Waals surface area (Å²) in [7, 11) is 1.81. The van der Waals surface area contributed by atoms with E-state index < -0.39 is 5.82 Å². The van der Waals surface area contributed by atoms with E-state index in [-0.39, 0.29) is 5.69 Å². The second-order valence-corrected chi connectivity index (χ2v) is 4.41. The second-order valence-electron chi connectivity index (χ2n) is 4.41. The van der Waals surface area contributed by atoms with Gasteiger partial charge in [0.05, 0.1) is 17.4 Å². The number of aryl methyl sites for hydroxylation is 1. The molecule has 2 N–H and O–H groups in total. The Bertz CT molecular complexity index is 787. The highest BCUT2D eigenvalue weighted by Crippen LogP contribution is 2.24. The Morgan fingerprint density at radius 1 is 1.29 bits per heavy atom. The highest BCUT2D eigenvalue weighted by molar-refractivity contribution is 5.52. The first-order valence-electron chi connectivity index (χ1n) is 6.17. The highest BCUT2D eigenvalue weighted by Gasteiger charge is 2.07. The average molecular weight is 285 g/mol. The lowest BCUT2D eigenvalue weighted by Crippen LogP contribution is -1.94. The van der Waals surface area contributed by atoms with Gasteiger partial charge in [-0.2, -0.15) is 10.1 Å². The number of hydrogen-bond donors (Lipinski definition) is 1. The van der Waals surface area contributed by atoms with Crippen molar-refractivity contribution in [3.8, 4) is 23.0 Å². The fraction of sp³-hybridized carbons (Fsp3) is 0.0714. The quantitative estimate of drug-likeness (QED) is 0.747. The molecule has 21 heavy (non-hydrogen) atoms. The van der Waals surface area contributed by atoms with Crippen LogP contribution in [0.3, 0.4) is 0 Å². The van der Waals surface area contributed by atoms with Crippen molar-refractivity contribution in [2.24, 2.45) is 7.05 Å². The number of rotatable bonds is 3. The Labute approximate surface area is 120 Å². The lowest BCUT2D eigenvalue weighted by atomic mass is 10.3. The zero-order chi connectivity index (χ0) is 14.8. The molecule has 0 saturated carbocycles. The zero-order valence-corrected chi connectivity index (χ0v) is 11.2. The van der Waals surface area contributed by atoms with E-state index in [4.69, 9.17) is 10.5 Å². The SMILES string of the molecule is Cn1cc(-c2nccc(Oc3ccc(N)c(F)c3)n2)cn1. The molecule has 0 unspecified atom stereocenters. The standard InChI is InChI=1S/C14H12FN5O/c1-20-8-9(7-18-20)14-17-5-4-13(19-14)21-10-2-3-12(16)11(15)6-10/h2-8H,16H2,1H3. The molecule has 1 aromatic carbocycles. The number of nitrogens with two attached hydrogens (primary N) is 1. The van der Waals surface area contributed by atoms with Gasteiger partial charge in [0.1, 0.15) is 11.6 Å². The van der Waals surface area contributed by atoms with Gasteiger partial charge in [-0.15, -0.1) is 0 Å². The molecular weight excluding hydrogens is 273 g/mol. The minimum absolute atomic E-state index is 0.0705. The Hall–Kier alpha value is -2.96. The highest BCUT2D eigenvalue weighted by atomic mass is 19.1. The summed E-state index contributed by atoms with van der Waals surface area (Å²) in [6.45, 7) is 0. The maximum Gasteiger partial charge on any atom is 0.222 e. The normalized spacial score (nSPS) is 10.6. The number of halogens is 1. The van der Waals surface area contributed by atoms with Crippen LogP contribution in [0.2, 0.25) is 0 Å². The van der Waals surface area contributed by atoms with Crippen molar-refractivity contribution in [1.82, 2.24) is 19.7 Å². The fourth-order valence-corrected chi connectivity index (χ4v) is 1.77. The molecule has 2 heterocycles. The Morgan fingerprint density at radius 2 is 2.14 bits per heavy atom. The summed E-state index contributed by atoms with van der Waals surface area (Å²) in [5, 5.41) is 4.06. The van der Waals surface area contributed by atoms with Crippen molar-refractivity contribution in [1.29, 1.82) is 0 Å². The molecule has 0 aliphatic rings. The van der Waals surface area contributed by atoms with Gasteiger partial charge in [0.25, 0.3) is 0 Å². The van der Waals surface area contributed by atoms with Gasteiger partial charge in [-0.05, 0) is 12.1 Å². The molecule has 0 atom stereocenters. The van der Waals surface area contributed by atoms with Crippen molar-refractivity contribution in [3.63, 3.8) is 0 Å². The molecule has 0 amide bonds. The Morgan fingerprint density at radius 3 is 2.86 bits per heavy atom. The smallest absolute Gasteiger partial charge is 0.222 e. The number of anilines is 1. The van der Waals surface area contributed by atoms with Crippen LogP contribution in [0.15, 0.2) is 42.9 Å². The van der Waals surface area contributed by atoms with Gasteiger partial charge in [-0.25, -0.2) is 9.37 Å². The van der Waals surface area contributed by atoms with Crippen molar-refractivity contribution < 1.29 is 9.13 Å². The van der Waals surface area contributed by atoms with Gasteiger partial charge in [0.2, 0.25) is 5.88 Å². The van der Waals surface area contributed by atoms with Crippen LogP contribution in [0.4, 0.5) is 10.1 Å². The van der Waals surface area contributed by atoms with E-state index in [2.05, 4.69) is 15.1 Å². The van der Waals surface area contributed by atoms with Crippen LogP contribution >= 0.6 is 0 Å². The van der Waals surface area contributed by atoms with Crippen LogP contribution in [-0.4, -0.2) is 19.7 Å². The Kier molecular flexibility index (Phi) is 3.23. The maximum absolute atomic E-state index is 13.4. The summed E-state index contributed by atoms with van der Waals surface area (Å²) in [4.78, 5) is 8.42. The molecule has 0 aliphatic carbocycles. The number of aromatic nitrogens is 4. The number of benzene rings is 1. The van der Waals surface area contributed by atoms with Gasteiger partial charge >= 0.3 is 0 Å². The molecule has 0 spiro atoms. The van der Waals surface area contributed by atoms with E-state index in [0.29, 0.717) is 17.5 Å². The molecule has 2 aromatic heterocycles. The summed E-state index contributed by atoms with van der Waals surface area (Å²) >= 11 is 0. The van der Waals surface area contributed by atoms with E-state index in [0.717, 1.165) is 5.56 Å². The largest absolute Gasteiger partial charge is 0.439 e. The average Bonchev–Trinajstić information content (AvgIpc) is 2.90. The van der Waals surface area contributed by atoms with Crippen LogP contribution in [0.25, 0.3) is 11.4 Å². The van der Waals surface area contributed by atoms with Crippen LogP contribution in [0.5, 0.6) is 11.6 Å². The second kappa shape index (κ2) is 5.20. The molecule has 0 saturated heterocycles. The lowest BCUT2D eigenvalue weighted by Gasteiger charge is -2.06. The molecule has 7 heteroatoms. The minimum atomic E-state index is -0.533.